The molecule has 1 amide bonds. The Morgan fingerprint density at radius 2 is 2.11 bits per heavy atom. The lowest BCUT2D eigenvalue weighted by atomic mass is 10.1. The van der Waals surface area contributed by atoms with Gasteiger partial charge in [0.1, 0.15) is 0 Å². The maximum Gasteiger partial charge on any atom is 0.244 e. The highest BCUT2D eigenvalue weighted by atomic mass is 16.3. The summed E-state index contributed by atoms with van der Waals surface area (Å²) in [7, 11) is 0. The van der Waals surface area contributed by atoms with E-state index in [0.717, 1.165) is 5.56 Å². The van der Waals surface area contributed by atoms with E-state index >= 15 is 0 Å². The van der Waals surface area contributed by atoms with Gasteiger partial charge in [0.25, 0.3) is 0 Å². The Hall–Kier alpha value is -2.16. The molecule has 5 nitrogen and oxygen atoms in total. The maximum absolute atomic E-state index is 11.3. The molecular weight excluding hydrogens is 232 g/mol. The van der Waals surface area contributed by atoms with E-state index in [1.165, 1.54) is 6.08 Å². The van der Waals surface area contributed by atoms with Crippen LogP contribution in [0.3, 0.4) is 0 Å². The van der Waals surface area contributed by atoms with Crippen LogP contribution in [-0.2, 0) is 4.79 Å². The largest absolute Gasteiger partial charge is 0.394 e. The molecule has 0 saturated heterocycles. The van der Waals surface area contributed by atoms with Gasteiger partial charge in [0.15, 0.2) is 0 Å². The Balaban J connectivity index is 2.48. The zero-order valence-electron chi connectivity index (χ0n) is 9.71. The van der Waals surface area contributed by atoms with Gasteiger partial charge in [-0.1, -0.05) is 12.1 Å². The predicted octanol–water partition coefficient (Wildman–Crippen LogP) is 0.0409. The van der Waals surface area contributed by atoms with Crippen LogP contribution in [0.25, 0.3) is 6.08 Å². The second-order valence-electron chi connectivity index (χ2n) is 3.65. The van der Waals surface area contributed by atoms with Crippen LogP contribution in [0.5, 0.6) is 0 Å². The molecule has 1 aromatic rings. The number of nitriles is 1. The third-order valence-electron chi connectivity index (χ3n) is 2.19. The van der Waals surface area contributed by atoms with E-state index in [9.17, 15) is 4.79 Å². The van der Waals surface area contributed by atoms with Gasteiger partial charge in [-0.15, -0.1) is 0 Å². The molecule has 5 heteroatoms. The number of hydrogen-bond donors (Lipinski definition) is 3. The number of benzene rings is 1. The van der Waals surface area contributed by atoms with E-state index in [-0.39, 0.29) is 19.1 Å². The van der Waals surface area contributed by atoms with E-state index in [0.29, 0.717) is 5.56 Å². The SMILES string of the molecule is N#Cc1ccc(C=CC(=O)NCC(O)CO)cc1. The quantitative estimate of drug-likeness (QED) is 0.639. The maximum atomic E-state index is 11.3. The average Bonchev–Trinajstić information content (AvgIpc) is 2.42. The fraction of sp³-hybridized carbons (Fsp3) is 0.231. The van der Waals surface area contributed by atoms with Gasteiger partial charge >= 0.3 is 0 Å². The number of nitrogens with one attached hydrogen (secondary N) is 1. The van der Waals surface area contributed by atoms with Gasteiger partial charge in [-0.3, -0.25) is 4.79 Å². The monoisotopic (exact) mass is 246 g/mol. The molecular formula is C13H14N2O3. The number of nitrogens with zero attached hydrogens (tertiary/aromatic N) is 1. The van der Waals surface area contributed by atoms with E-state index < -0.39 is 6.10 Å². The summed E-state index contributed by atoms with van der Waals surface area (Å²) in [6.07, 6.45) is 1.98. The highest BCUT2D eigenvalue weighted by Crippen LogP contribution is 2.04. The number of aliphatic hydroxyl groups excluding tert-OH is 2. The minimum Gasteiger partial charge on any atom is -0.394 e. The minimum absolute atomic E-state index is 0.00699. The summed E-state index contributed by atoms with van der Waals surface area (Å²) in [4.78, 5) is 11.3. The third-order valence-corrected chi connectivity index (χ3v) is 2.19. The van der Waals surface area contributed by atoms with Gasteiger partial charge in [-0.2, -0.15) is 5.26 Å². The number of carbonyl (C=O) groups is 1. The molecule has 0 fully saturated rings. The summed E-state index contributed by atoms with van der Waals surface area (Å²) in [5.74, 6) is -0.355. The molecule has 1 atom stereocenters. The molecule has 0 aliphatic carbocycles. The fourth-order valence-corrected chi connectivity index (χ4v) is 1.18. The fourth-order valence-electron chi connectivity index (χ4n) is 1.18. The number of rotatable bonds is 5. The van der Waals surface area contributed by atoms with Crippen LogP contribution in [0.15, 0.2) is 30.3 Å². The van der Waals surface area contributed by atoms with Crippen LogP contribution in [-0.4, -0.2) is 35.4 Å². The van der Waals surface area contributed by atoms with Gasteiger partial charge in [0, 0.05) is 12.6 Å². The van der Waals surface area contributed by atoms with Gasteiger partial charge in [-0.05, 0) is 23.8 Å². The summed E-state index contributed by atoms with van der Waals surface area (Å²) < 4.78 is 0. The lowest BCUT2D eigenvalue weighted by Crippen LogP contribution is -2.32. The second kappa shape index (κ2) is 7.22. The van der Waals surface area contributed by atoms with Crippen LogP contribution in [0.2, 0.25) is 0 Å². The molecule has 3 N–H and O–H groups in total. The van der Waals surface area contributed by atoms with Crippen molar-refractivity contribution in [2.45, 2.75) is 6.10 Å². The van der Waals surface area contributed by atoms with Crippen molar-refractivity contribution in [2.75, 3.05) is 13.2 Å². The molecule has 1 unspecified atom stereocenters. The van der Waals surface area contributed by atoms with Crippen molar-refractivity contribution in [1.82, 2.24) is 5.32 Å². The molecule has 0 radical (unpaired) electrons. The van der Waals surface area contributed by atoms with Crippen LogP contribution in [0, 0.1) is 11.3 Å². The Kier molecular flexibility index (Phi) is 5.58. The lowest BCUT2D eigenvalue weighted by Gasteiger charge is -2.06. The number of hydrogen-bond acceptors (Lipinski definition) is 4. The van der Waals surface area contributed by atoms with Crippen LogP contribution in [0.4, 0.5) is 0 Å². The molecule has 0 heterocycles. The van der Waals surface area contributed by atoms with Crippen molar-refractivity contribution in [1.29, 1.82) is 5.26 Å². The molecule has 0 aromatic heterocycles. The minimum atomic E-state index is -0.947. The smallest absolute Gasteiger partial charge is 0.244 e. The highest BCUT2D eigenvalue weighted by molar-refractivity contribution is 5.91. The van der Waals surface area contributed by atoms with Crippen molar-refractivity contribution >= 4 is 12.0 Å². The van der Waals surface area contributed by atoms with Crippen LogP contribution < -0.4 is 5.32 Å². The van der Waals surface area contributed by atoms with Crippen molar-refractivity contribution in [3.05, 3.63) is 41.5 Å². The van der Waals surface area contributed by atoms with Gasteiger partial charge in [0.05, 0.1) is 24.3 Å². The molecule has 0 saturated carbocycles. The topological polar surface area (TPSA) is 93.4 Å². The van der Waals surface area contributed by atoms with Crippen LogP contribution >= 0.6 is 0 Å². The first-order chi connectivity index (χ1) is 8.65. The summed E-state index contributed by atoms with van der Waals surface area (Å²) in [5.41, 5.74) is 1.36. The number of carbonyl (C=O) groups excluding carboxylic acids is 1. The molecule has 0 aliphatic rings. The van der Waals surface area contributed by atoms with Crippen molar-refractivity contribution in [2.24, 2.45) is 0 Å². The molecule has 1 aromatic carbocycles. The highest BCUT2D eigenvalue weighted by Gasteiger charge is 2.02. The molecule has 0 spiro atoms. The first kappa shape index (κ1) is 13.9. The van der Waals surface area contributed by atoms with E-state index in [2.05, 4.69) is 5.32 Å². The van der Waals surface area contributed by atoms with Gasteiger partial charge in [-0.25, -0.2) is 0 Å². The Morgan fingerprint density at radius 1 is 1.44 bits per heavy atom. The van der Waals surface area contributed by atoms with Crippen molar-refractivity contribution in [3.63, 3.8) is 0 Å². The summed E-state index contributed by atoms with van der Waals surface area (Å²) in [6, 6.07) is 8.78. The molecule has 94 valence electrons. The second-order valence-corrected chi connectivity index (χ2v) is 3.65. The Labute approximate surface area is 105 Å². The lowest BCUT2D eigenvalue weighted by molar-refractivity contribution is -0.117. The van der Waals surface area contributed by atoms with Crippen molar-refractivity contribution in [3.8, 4) is 6.07 Å². The van der Waals surface area contributed by atoms with Crippen LogP contribution in [0.1, 0.15) is 11.1 Å². The van der Waals surface area contributed by atoms with E-state index in [1.54, 1.807) is 30.3 Å². The van der Waals surface area contributed by atoms with Gasteiger partial charge < -0.3 is 15.5 Å². The molecule has 0 aliphatic heterocycles. The molecule has 0 bridgehead atoms. The van der Waals surface area contributed by atoms with E-state index in [1.807, 2.05) is 6.07 Å². The third kappa shape index (κ3) is 4.78. The normalized spacial score (nSPS) is 12.1. The standard InChI is InChI=1S/C13H14N2O3/c14-7-11-3-1-10(2-4-11)5-6-13(18)15-8-12(17)9-16/h1-6,12,16-17H,8-9H2,(H,15,18). The number of amides is 1. The average molecular weight is 246 g/mol. The zero-order chi connectivity index (χ0) is 13.4. The molecule has 18 heavy (non-hydrogen) atoms. The van der Waals surface area contributed by atoms with E-state index in [4.69, 9.17) is 15.5 Å². The number of aliphatic hydroxyl groups is 2. The predicted molar refractivity (Wildman–Crippen MR) is 66.3 cm³/mol. The summed E-state index contributed by atoms with van der Waals surface area (Å²) >= 11 is 0. The van der Waals surface area contributed by atoms with Crippen molar-refractivity contribution < 1.29 is 15.0 Å². The Morgan fingerprint density at radius 3 is 2.67 bits per heavy atom. The zero-order valence-corrected chi connectivity index (χ0v) is 9.71. The summed E-state index contributed by atoms with van der Waals surface area (Å²) in [5, 5.41) is 28.6. The van der Waals surface area contributed by atoms with Gasteiger partial charge in [0.2, 0.25) is 5.91 Å². The first-order valence-electron chi connectivity index (χ1n) is 5.40. The molecule has 1 rings (SSSR count). The first-order valence-corrected chi connectivity index (χ1v) is 5.40. The Bertz CT molecular complexity index is 460. The summed E-state index contributed by atoms with van der Waals surface area (Å²) in [6.45, 7) is -0.382.